The smallest absolute Gasteiger partial charge is 0.354 e. The van der Waals surface area contributed by atoms with Crippen LogP contribution in [0.2, 0.25) is 0 Å². The highest BCUT2D eigenvalue weighted by Gasteiger charge is 2.15. The Balaban J connectivity index is 2.62. The molecule has 0 saturated carbocycles. The van der Waals surface area contributed by atoms with Gasteiger partial charge < -0.3 is 5.11 Å². The second-order valence-electron chi connectivity index (χ2n) is 3.46. The van der Waals surface area contributed by atoms with Gasteiger partial charge in [0.25, 0.3) is 0 Å². The third-order valence-electron chi connectivity index (χ3n) is 2.25. The lowest BCUT2D eigenvalue weighted by molar-refractivity contribution is 0.0690. The molecule has 0 radical (unpaired) electrons. The Morgan fingerprint density at radius 3 is 2.39 bits per heavy atom. The van der Waals surface area contributed by atoms with Crippen LogP contribution >= 0.6 is 0 Å². The zero-order valence-electron chi connectivity index (χ0n) is 8.82. The molecule has 0 spiro atoms. The summed E-state index contributed by atoms with van der Waals surface area (Å²) in [5.74, 6) is -4.07. The minimum Gasteiger partial charge on any atom is -0.477 e. The van der Waals surface area contributed by atoms with Gasteiger partial charge in [-0.15, -0.1) is 0 Å². The van der Waals surface area contributed by atoms with Crippen LogP contribution in [-0.4, -0.2) is 16.1 Å². The number of carboxylic acids is 1. The molecule has 0 saturated heterocycles. The number of carbonyl (C=O) groups is 1. The molecule has 1 heterocycles. The van der Waals surface area contributed by atoms with Crippen LogP contribution < -0.4 is 0 Å². The molecule has 0 aliphatic carbocycles. The standard InChI is InChI=1S/C12H6F3NO2/c13-6-1-2-7(9(15)5-6)11-8(14)3-4-10(16-11)12(17)18/h1-5H,(H,17,18). The minimum atomic E-state index is -1.36. The first-order valence-electron chi connectivity index (χ1n) is 4.84. The second-order valence-corrected chi connectivity index (χ2v) is 3.46. The van der Waals surface area contributed by atoms with Crippen molar-refractivity contribution in [3.05, 3.63) is 53.5 Å². The largest absolute Gasteiger partial charge is 0.477 e. The average molecular weight is 253 g/mol. The molecular weight excluding hydrogens is 247 g/mol. The van der Waals surface area contributed by atoms with E-state index in [9.17, 15) is 18.0 Å². The summed E-state index contributed by atoms with van der Waals surface area (Å²) in [5.41, 5.74) is -1.18. The molecule has 0 fully saturated rings. The Hall–Kier alpha value is -2.37. The van der Waals surface area contributed by atoms with E-state index in [0.717, 1.165) is 24.3 Å². The molecule has 1 aromatic heterocycles. The van der Waals surface area contributed by atoms with E-state index in [1.165, 1.54) is 0 Å². The molecule has 0 atom stereocenters. The summed E-state index contributed by atoms with van der Waals surface area (Å²) in [6.07, 6.45) is 0. The summed E-state index contributed by atoms with van der Waals surface area (Å²) < 4.78 is 39.7. The minimum absolute atomic E-state index is 0.294. The summed E-state index contributed by atoms with van der Waals surface area (Å²) in [6.45, 7) is 0. The first kappa shape index (κ1) is 12.1. The molecule has 3 nitrogen and oxygen atoms in total. The first-order chi connectivity index (χ1) is 8.49. The number of hydrogen-bond acceptors (Lipinski definition) is 2. The van der Waals surface area contributed by atoms with E-state index < -0.39 is 34.8 Å². The lowest BCUT2D eigenvalue weighted by Gasteiger charge is -2.05. The summed E-state index contributed by atoms with van der Waals surface area (Å²) in [5, 5.41) is 8.72. The van der Waals surface area contributed by atoms with Gasteiger partial charge in [0.1, 0.15) is 28.8 Å². The van der Waals surface area contributed by atoms with Gasteiger partial charge in [0.2, 0.25) is 0 Å². The summed E-state index contributed by atoms with van der Waals surface area (Å²) in [7, 11) is 0. The number of nitrogens with zero attached hydrogens (tertiary/aromatic N) is 1. The highest BCUT2D eigenvalue weighted by atomic mass is 19.1. The molecule has 0 unspecified atom stereocenters. The molecule has 6 heteroatoms. The fourth-order valence-corrected chi connectivity index (χ4v) is 1.43. The Morgan fingerprint density at radius 1 is 1.06 bits per heavy atom. The van der Waals surface area contributed by atoms with Gasteiger partial charge in [-0.1, -0.05) is 0 Å². The highest BCUT2D eigenvalue weighted by molar-refractivity contribution is 5.86. The molecule has 0 bridgehead atoms. The molecule has 1 N–H and O–H groups in total. The van der Waals surface area contributed by atoms with E-state index in [1.807, 2.05) is 0 Å². The quantitative estimate of drug-likeness (QED) is 0.895. The number of pyridine rings is 1. The summed E-state index contributed by atoms with van der Waals surface area (Å²) in [6, 6.07) is 4.34. The normalized spacial score (nSPS) is 10.4. The maximum Gasteiger partial charge on any atom is 0.354 e. The van der Waals surface area contributed by atoms with Crippen molar-refractivity contribution in [1.82, 2.24) is 4.98 Å². The Labute approximate surface area is 99.5 Å². The van der Waals surface area contributed by atoms with E-state index in [0.29, 0.717) is 6.07 Å². The van der Waals surface area contributed by atoms with E-state index in [4.69, 9.17) is 5.11 Å². The summed E-state index contributed by atoms with van der Waals surface area (Å²) >= 11 is 0. The van der Waals surface area contributed by atoms with Gasteiger partial charge >= 0.3 is 5.97 Å². The van der Waals surface area contributed by atoms with Gasteiger partial charge in [0, 0.05) is 11.6 Å². The Kier molecular flexibility index (Phi) is 3.01. The van der Waals surface area contributed by atoms with Crippen LogP contribution in [0.3, 0.4) is 0 Å². The lowest BCUT2D eigenvalue weighted by atomic mass is 10.1. The number of aromatic nitrogens is 1. The van der Waals surface area contributed by atoms with Crippen LogP contribution in [0.4, 0.5) is 13.2 Å². The van der Waals surface area contributed by atoms with Gasteiger partial charge in [-0.3, -0.25) is 0 Å². The third kappa shape index (κ3) is 2.17. The second kappa shape index (κ2) is 4.48. The van der Waals surface area contributed by atoms with Gasteiger partial charge in [-0.2, -0.15) is 0 Å². The number of halogens is 3. The SMILES string of the molecule is O=C(O)c1ccc(F)c(-c2ccc(F)cc2F)n1. The van der Waals surface area contributed by atoms with Crippen molar-refractivity contribution < 1.29 is 23.1 Å². The van der Waals surface area contributed by atoms with Crippen molar-refractivity contribution in [3.8, 4) is 11.3 Å². The van der Waals surface area contributed by atoms with Crippen molar-refractivity contribution in [2.24, 2.45) is 0 Å². The predicted molar refractivity (Wildman–Crippen MR) is 56.5 cm³/mol. The zero-order valence-corrected chi connectivity index (χ0v) is 8.82. The first-order valence-corrected chi connectivity index (χ1v) is 4.84. The van der Waals surface area contributed by atoms with Crippen molar-refractivity contribution in [1.29, 1.82) is 0 Å². The lowest BCUT2D eigenvalue weighted by Crippen LogP contribution is -2.03. The zero-order chi connectivity index (χ0) is 13.3. The molecule has 18 heavy (non-hydrogen) atoms. The average Bonchev–Trinajstić information content (AvgIpc) is 2.30. The highest BCUT2D eigenvalue weighted by Crippen LogP contribution is 2.24. The van der Waals surface area contributed by atoms with Gasteiger partial charge in [-0.25, -0.2) is 22.9 Å². The van der Waals surface area contributed by atoms with Crippen LogP contribution in [0.1, 0.15) is 10.5 Å². The van der Waals surface area contributed by atoms with Gasteiger partial charge in [-0.05, 0) is 24.3 Å². The summed E-state index contributed by atoms with van der Waals surface area (Å²) in [4.78, 5) is 14.2. The molecular formula is C12H6F3NO2. The van der Waals surface area contributed by atoms with Gasteiger partial charge in [0.05, 0.1) is 0 Å². The van der Waals surface area contributed by atoms with Gasteiger partial charge in [0.15, 0.2) is 0 Å². The van der Waals surface area contributed by atoms with Crippen LogP contribution in [-0.2, 0) is 0 Å². The molecule has 1 aromatic carbocycles. The van der Waals surface area contributed by atoms with Crippen molar-refractivity contribution in [3.63, 3.8) is 0 Å². The number of aromatic carboxylic acids is 1. The number of benzene rings is 1. The topological polar surface area (TPSA) is 50.2 Å². The molecule has 92 valence electrons. The van der Waals surface area contributed by atoms with E-state index in [2.05, 4.69) is 4.98 Å². The maximum atomic E-state index is 13.5. The van der Waals surface area contributed by atoms with E-state index in [1.54, 1.807) is 0 Å². The van der Waals surface area contributed by atoms with Crippen molar-refractivity contribution in [2.45, 2.75) is 0 Å². The van der Waals surface area contributed by atoms with E-state index in [-0.39, 0.29) is 5.56 Å². The monoisotopic (exact) mass is 253 g/mol. The molecule has 2 rings (SSSR count). The molecule has 0 aliphatic rings. The fourth-order valence-electron chi connectivity index (χ4n) is 1.43. The van der Waals surface area contributed by atoms with Crippen LogP contribution in [0.5, 0.6) is 0 Å². The third-order valence-corrected chi connectivity index (χ3v) is 2.25. The van der Waals surface area contributed by atoms with Crippen LogP contribution in [0, 0.1) is 17.5 Å². The fraction of sp³-hybridized carbons (Fsp3) is 0. The number of carboxylic acid groups (broad SMARTS) is 1. The molecule has 2 aromatic rings. The van der Waals surface area contributed by atoms with Crippen LogP contribution in [0.15, 0.2) is 30.3 Å². The van der Waals surface area contributed by atoms with Crippen molar-refractivity contribution >= 4 is 5.97 Å². The number of hydrogen-bond donors (Lipinski definition) is 1. The van der Waals surface area contributed by atoms with Crippen LogP contribution in [0.25, 0.3) is 11.3 Å². The van der Waals surface area contributed by atoms with Crippen molar-refractivity contribution in [2.75, 3.05) is 0 Å². The Morgan fingerprint density at radius 2 is 1.78 bits per heavy atom. The maximum absolute atomic E-state index is 13.5. The molecule has 0 amide bonds. The van der Waals surface area contributed by atoms with E-state index >= 15 is 0 Å². The number of rotatable bonds is 2. The predicted octanol–water partition coefficient (Wildman–Crippen LogP) is 2.86. The Bertz CT molecular complexity index is 629. The molecule has 0 aliphatic heterocycles.